The van der Waals surface area contributed by atoms with Crippen LogP contribution in [-0.2, 0) is 20.1 Å². The van der Waals surface area contributed by atoms with Crippen molar-refractivity contribution in [2.45, 2.75) is 77.4 Å². The third kappa shape index (κ3) is 12.8. The molecule has 1 aliphatic heterocycles. The molecular formula is C126H90BBrN10O2. The minimum Gasteiger partial charge on any atom is -0.399 e. The number of hydrogen-bond acceptors (Lipinski definition) is 8. The van der Waals surface area contributed by atoms with Crippen LogP contribution in [0.4, 0.5) is 0 Å². The van der Waals surface area contributed by atoms with E-state index in [0.29, 0.717) is 35.4 Å². The van der Waals surface area contributed by atoms with Crippen LogP contribution in [-0.4, -0.2) is 66.5 Å². The van der Waals surface area contributed by atoms with Crippen LogP contribution in [0.2, 0.25) is 0 Å². The molecule has 6 aromatic heterocycles. The standard InChI is InChI=1S/C60H39N5.C33H31BO2.C33H20BrN5/c1-60(2)51-22-10-5-17-42(51)50-34-48-40-16-4-3-15-39(40)47-33-38(31-32-41(47)49(48)35-52(50)60)36-27-29-37(30-28-36)57-61-58(64-53-23-11-6-18-43(53)44-19-7-12-24-54(44)64)63-59(62-57)65-55-25-13-8-20-45(55)46-21-9-14-26-56(46)65;1-31(2)29-14-10-9-13-24(29)28-18-26-22-12-8-7-11-21(22)25-17-20(15-16-23(25)27(26)19-30(28)31)34-35-32(3,4)33(5,6)36-34;34-22-19-17-21(18-20-22)31-35-32(38-27-13-5-1-9-23(27)24-10-2-6-14-28(24)38)37-33(36-31)39-29-15-7-3-11-25(29)26-12-4-8-16-30(26)39/h3-35H,1-2H3;7-19H,1-6H3;1-20H. The molecule has 1 saturated heterocycles. The van der Waals surface area contributed by atoms with Crippen LogP contribution in [0.1, 0.15) is 77.6 Å². The predicted molar refractivity (Wildman–Crippen MR) is 583 cm³/mol. The van der Waals surface area contributed by atoms with Gasteiger partial charge in [-0.1, -0.05) is 353 Å². The number of fused-ring (bicyclic) bond motifs is 30. The number of rotatable bonds is 8. The van der Waals surface area contributed by atoms with Crippen LogP contribution in [0.15, 0.2) is 405 Å². The average molecular weight is 1870 g/mol. The molecule has 0 N–H and O–H groups in total. The second-order valence-electron chi connectivity index (χ2n) is 39.6. The topological polar surface area (TPSA) is 116 Å². The summed E-state index contributed by atoms with van der Waals surface area (Å²) < 4.78 is 22.5. The Morgan fingerprint density at radius 2 is 0.457 bits per heavy atom. The van der Waals surface area contributed by atoms with Gasteiger partial charge in [-0.3, -0.25) is 18.3 Å². The minimum absolute atomic E-state index is 0.0271. The Labute approximate surface area is 816 Å². The maximum atomic E-state index is 6.40. The van der Waals surface area contributed by atoms with Crippen molar-refractivity contribution < 1.29 is 9.31 Å². The summed E-state index contributed by atoms with van der Waals surface area (Å²) in [6.45, 7) is 17.9. The molecule has 2 aliphatic carbocycles. The first kappa shape index (κ1) is 83.1. The highest BCUT2D eigenvalue weighted by Gasteiger charge is 2.52. The first-order valence-corrected chi connectivity index (χ1v) is 48.9. The van der Waals surface area contributed by atoms with E-state index in [1.165, 1.54) is 109 Å². The van der Waals surface area contributed by atoms with Gasteiger partial charge in [0.05, 0.1) is 55.3 Å². The number of halogens is 1. The van der Waals surface area contributed by atoms with Crippen molar-refractivity contribution in [1.29, 1.82) is 0 Å². The number of hydrogen-bond donors (Lipinski definition) is 0. The van der Waals surface area contributed by atoms with Crippen molar-refractivity contribution >= 4 is 180 Å². The molecule has 1 fully saturated rings. The Morgan fingerprint density at radius 1 is 0.207 bits per heavy atom. The summed E-state index contributed by atoms with van der Waals surface area (Å²) in [6.07, 6.45) is 0. The predicted octanol–water partition coefficient (Wildman–Crippen LogP) is 31.4. The molecule has 0 bridgehead atoms. The van der Waals surface area contributed by atoms with E-state index in [9.17, 15) is 0 Å². The van der Waals surface area contributed by atoms with Crippen LogP contribution in [0.25, 0.3) is 232 Å². The van der Waals surface area contributed by atoms with Crippen LogP contribution in [0.5, 0.6) is 0 Å². The highest BCUT2D eigenvalue weighted by atomic mass is 79.9. The molecule has 0 radical (unpaired) electrons. The zero-order valence-electron chi connectivity index (χ0n) is 78.3. The van der Waals surface area contributed by atoms with Gasteiger partial charge in [-0.05, 0) is 244 Å². The Balaban J connectivity index is 0.000000113. The van der Waals surface area contributed by atoms with E-state index >= 15 is 0 Å². The molecule has 29 rings (SSSR count). The molecule has 20 aromatic carbocycles. The normalized spacial score (nSPS) is 14.3. The maximum Gasteiger partial charge on any atom is 0.494 e. The highest BCUT2D eigenvalue weighted by molar-refractivity contribution is 9.10. The van der Waals surface area contributed by atoms with Crippen molar-refractivity contribution in [2.75, 3.05) is 0 Å². The van der Waals surface area contributed by atoms with Crippen molar-refractivity contribution in [3.63, 3.8) is 0 Å². The lowest BCUT2D eigenvalue weighted by Crippen LogP contribution is -2.41. The van der Waals surface area contributed by atoms with Crippen LogP contribution >= 0.6 is 15.9 Å². The second-order valence-corrected chi connectivity index (χ2v) is 40.5. The molecule has 0 spiro atoms. The quantitative estimate of drug-likeness (QED) is 0.109. The summed E-state index contributed by atoms with van der Waals surface area (Å²) >= 11 is 3.56. The van der Waals surface area contributed by atoms with Gasteiger partial charge in [0, 0.05) is 69.5 Å². The van der Waals surface area contributed by atoms with E-state index in [0.717, 1.165) is 119 Å². The number of para-hydroxylation sites is 8. The summed E-state index contributed by atoms with van der Waals surface area (Å²) in [6, 6.07) is 143. The smallest absolute Gasteiger partial charge is 0.399 e. The molecule has 26 aromatic rings. The van der Waals surface area contributed by atoms with E-state index in [4.69, 9.17) is 39.2 Å². The SMILES string of the molecule is Brc1ccc(-c2nc(-n3c4ccccc4c4ccccc43)nc(-n3c4ccccc4c4ccccc43)n2)cc1.CC1(C)c2ccccc2-c2cc3c4ccccc4c4cc(-c5ccc(-c6nc(-n7c8ccccc8c8ccccc87)nc(-n7c8ccccc8c8ccccc87)n6)cc5)ccc4c3cc21.CC1(C)c2ccccc2-c2cc3c4ccccc4c4cc(B5OC(C)(C)C(C)(C)O5)ccc4c3cc21. The van der Waals surface area contributed by atoms with Gasteiger partial charge in [-0.2, -0.15) is 29.9 Å². The van der Waals surface area contributed by atoms with Gasteiger partial charge >= 0.3 is 7.12 Å². The van der Waals surface area contributed by atoms with Gasteiger partial charge in [0.1, 0.15) is 0 Å². The molecule has 0 unspecified atom stereocenters. The Bertz CT molecular complexity index is 9270. The summed E-state index contributed by atoms with van der Waals surface area (Å²) in [5.74, 6) is 3.52. The third-order valence-electron chi connectivity index (χ3n) is 30.5. The molecule has 0 atom stereocenters. The van der Waals surface area contributed by atoms with Crippen molar-refractivity contribution in [2.24, 2.45) is 0 Å². The third-order valence-corrected chi connectivity index (χ3v) is 31.1. The largest absolute Gasteiger partial charge is 0.494 e. The molecular weight excluding hydrogens is 1780 g/mol. The number of benzene rings is 20. The molecule has 0 amide bonds. The molecule has 666 valence electrons. The lowest BCUT2D eigenvalue weighted by molar-refractivity contribution is 0.00578. The van der Waals surface area contributed by atoms with Crippen molar-refractivity contribution in [3.8, 4) is 79.9 Å². The fraction of sp³-hybridized carbons (Fsp3) is 0.0952. The van der Waals surface area contributed by atoms with E-state index < -0.39 is 0 Å². The van der Waals surface area contributed by atoms with Gasteiger partial charge in [-0.25, -0.2) is 0 Å². The average Bonchev–Trinajstić information content (AvgIpc) is 1.31. The zero-order valence-corrected chi connectivity index (χ0v) is 79.9. The molecule has 14 heteroatoms. The number of nitrogens with zero attached hydrogens (tertiary/aromatic N) is 10. The highest BCUT2D eigenvalue weighted by Crippen LogP contribution is 2.55. The maximum absolute atomic E-state index is 6.40. The lowest BCUT2D eigenvalue weighted by atomic mass is 9.77. The first-order chi connectivity index (χ1) is 68.3. The van der Waals surface area contributed by atoms with Crippen LogP contribution in [0.3, 0.4) is 0 Å². The van der Waals surface area contributed by atoms with Gasteiger partial charge in [0.15, 0.2) is 11.6 Å². The van der Waals surface area contributed by atoms with E-state index in [2.05, 4.69) is 466 Å². The van der Waals surface area contributed by atoms with Gasteiger partial charge < -0.3 is 9.31 Å². The number of aromatic nitrogens is 10. The molecule has 140 heavy (non-hydrogen) atoms. The van der Waals surface area contributed by atoms with Crippen LogP contribution < -0.4 is 5.46 Å². The Kier molecular flexibility index (Phi) is 18.6. The van der Waals surface area contributed by atoms with Crippen molar-refractivity contribution in [1.82, 2.24) is 48.2 Å². The fourth-order valence-corrected chi connectivity index (χ4v) is 23.2. The van der Waals surface area contributed by atoms with E-state index in [-0.39, 0.29) is 29.2 Å². The monoisotopic (exact) mass is 1860 g/mol. The van der Waals surface area contributed by atoms with E-state index in [1.807, 2.05) is 24.3 Å². The zero-order chi connectivity index (χ0) is 93.9. The summed E-state index contributed by atoms with van der Waals surface area (Å²) in [5, 5.41) is 24.6. The first-order valence-electron chi connectivity index (χ1n) is 48.1. The molecule has 7 heterocycles. The Morgan fingerprint density at radius 3 is 0.793 bits per heavy atom. The summed E-state index contributed by atoms with van der Waals surface area (Å²) in [7, 11) is -0.373. The summed E-state index contributed by atoms with van der Waals surface area (Å²) in [4.78, 5) is 31.2. The molecule has 0 saturated carbocycles. The Hall–Kier alpha value is -16.4. The van der Waals surface area contributed by atoms with Crippen LogP contribution in [0, 0.1) is 0 Å². The lowest BCUT2D eigenvalue weighted by Gasteiger charge is -2.32. The molecule has 3 aliphatic rings. The van der Waals surface area contributed by atoms with Gasteiger partial charge in [0.2, 0.25) is 23.8 Å². The summed E-state index contributed by atoms with van der Waals surface area (Å²) in [5.41, 5.74) is 23.8. The minimum atomic E-state index is -0.373. The second kappa shape index (κ2) is 31.3. The van der Waals surface area contributed by atoms with Crippen molar-refractivity contribution in [3.05, 3.63) is 427 Å². The molecule has 12 nitrogen and oxygen atoms in total. The van der Waals surface area contributed by atoms with Gasteiger partial charge in [-0.15, -0.1) is 0 Å². The van der Waals surface area contributed by atoms with E-state index in [1.54, 1.807) is 0 Å². The fourth-order valence-electron chi connectivity index (χ4n) is 22.9. The van der Waals surface area contributed by atoms with Gasteiger partial charge in [0.25, 0.3) is 0 Å².